The second kappa shape index (κ2) is 4.81. The van der Waals surface area contributed by atoms with Crippen LogP contribution in [0.25, 0.3) is 0 Å². The van der Waals surface area contributed by atoms with Gasteiger partial charge in [0, 0.05) is 11.4 Å². The lowest BCUT2D eigenvalue weighted by Gasteiger charge is -2.26. The van der Waals surface area contributed by atoms with Crippen molar-refractivity contribution in [1.82, 2.24) is 0 Å². The number of alkyl halides is 1. The van der Waals surface area contributed by atoms with Crippen molar-refractivity contribution in [2.45, 2.75) is 20.0 Å². The Labute approximate surface area is 89.4 Å². The van der Waals surface area contributed by atoms with Crippen LogP contribution in [0.1, 0.15) is 13.8 Å². The van der Waals surface area contributed by atoms with E-state index in [9.17, 15) is 4.39 Å². The van der Waals surface area contributed by atoms with Crippen LogP contribution in [0.3, 0.4) is 0 Å². The first kappa shape index (κ1) is 12.3. The lowest BCUT2D eigenvalue weighted by Crippen LogP contribution is -2.28. The first-order chi connectivity index (χ1) is 6.97. The zero-order valence-corrected chi connectivity index (χ0v) is 9.14. The molecule has 0 aromatic rings. The molecule has 0 saturated heterocycles. The van der Waals surface area contributed by atoms with Gasteiger partial charge in [0.1, 0.15) is 11.9 Å². The highest BCUT2D eigenvalue weighted by molar-refractivity contribution is 6.52. The second-order valence-corrected chi connectivity index (χ2v) is 4.00. The third kappa shape index (κ3) is 2.61. The topological polar surface area (TPSA) is 49.7 Å². The minimum atomic E-state index is -1.62. The average molecular weight is 214 g/mol. The third-order valence-electron chi connectivity index (χ3n) is 2.60. The van der Waals surface area contributed by atoms with Gasteiger partial charge in [-0.1, -0.05) is 19.9 Å². The number of hydrogen-bond donors (Lipinski definition) is 2. The minimum absolute atomic E-state index is 0.100. The van der Waals surface area contributed by atoms with Gasteiger partial charge in [0.25, 0.3) is 0 Å². The average Bonchev–Trinajstić information content (AvgIpc) is 2.16. The molecule has 1 aliphatic carbocycles. The molecule has 2 atom stereocenters. The normalized spacial score (nSPS) is 26.1. The molecule has 1 aliphatic rings. The zero-order chi connectivity index (χ0) is 11.6. The molecule has 84 valence electrons. The van der Waals surface area contributed by atoms with Gasteiger partial charge in [-0.3, -0.25) is 0 Å². The van der Waals surface area contributed by atoms with Crippen LogP contribution in [0, 0.1) is 11.8 Å². The molecule has 0 aromatic carbocycles. The molecule has 0 fully saturated rings. The van der Waals surface area contributed by atoms with Gasteiger partial charge in [-0.15, -0.1) is 0 Å². The molecule has 0 saturated carbocycles. The van der Waals surface area contributed by atoms with Crippen molar-refractivity contribution in [3.8, 4) is 0 Å². The van der Waals surface area contributed by atoms with E-state index >= 15 is 0 Å². The van der Waals surface area contributed by atoms with Crippen LogP contribution in [0.4, 0.5) is 4.39 Å². The molecule has 2 unspecified atom stereocenters. The van der Waals surface area contributed by atoms with Gasteiger partial charge in [0.15, 0.2) is 0 Å². The monoisotopic (exact) mass is 214 g/mol. The Morgan fingerprint density at radius 2 is 2.00 bits per heavy atom. The summed E-state index contributed by atoms with van der Waals surface area (Å²) in [7, 11) is -0.241. The molecule has 2 N–H and O–H groups in total. The fraction of sp³-hybridized carbons (Fsp3) is 0.600. The van der Waals surface area contributed by atoms with Crippen molar-refractivity contribution in [3.63, 3.8) is 0 Å². The summed E-state index contributed by atoms with van der Waals surface area (Å²) in [6.07, 6.45) is 1.70. The van der Waals surface area contributed by atoms with E-state index in [-0.39, 0.29) is 23.1 Å². The maximum absolute atomic E-state index is 13.6. The standard InChI is InChI=1S/C10H16BFO3/c1-6(2)7-4-8(11(13)14)10(15-3)5-9(7)12/h4-7,9,13-14H,1-3H3. The summed E-state index contributed by atoms with van der Waals surface area (Å²) in [5, 5.41) is 18.2. The van der Waals surface area contributed by atoms with E-state index in [1.807, 2.05) is 13.8 Å². The number of hydrogen-bond acceptors (Lipinski definition) is 3. The van der Waals surface area contributed by atoms with Gasteiger partial charge >= 0.3 is 7.12 Å². The highest BCUT2D eigenvalue weighted by Gasteiger charge is 2.31. The summed E-state index contributed by atoms with van der Waals surface area (Å²) >= 11 is 0. The van der Waals surface area contributed by atoms with Gasteiger partial charge in [-0.05, 0) is 12.0 Å². The quantitative estimate of drug-likeness (QED) is 0.691. The smallest absolute Gasteiger partial charge is 0.491 e. The SMILES string of the molecule is COC1=CC(F)C(C(C)C)C=C1B(O)O. The predicted molar refractivity (Wildman–Crippen MR) is 56.6 cm³/mol. The van der Waals surface area contributed by atoms with Crippen LogP contribution in [0.2, 0.25) is 0 Å². The molecule has 0 heterocycles. The minimum Gasteiger partial charge on any atom is -0.497 e. The first-order valence-corrected chi connectivity index (χ1v) is 4.95. The maximum atomic E-state index is 13.6. The number of allylic oxidation sites excluding steroid dienone is 3. The molecule has 1 rings (SSSR count). The number of methoxy groups -OCH3 is 1. The van der Waals surface area contributed by atoms with Gasteiger partial charge in [-0.2, -0.15) is 0 Å². The summed E-state index contributed by atoms with van der Waals surface area (Å²) in [5.41, 5.74) is 0.241. The predicted octanol–water partition coefficient (Wildman–Crippen LogP) is 1.08. The molecule has 0 radical (unpaired) electrons. The van der Waals surface area contributed by atoms with Crippen LogP contribution < -0.4 is 0 Å². The Kier molecular flexibility index (Phi) is 3.93. The van der Waals surface area contributed by atoms with Gasteiger partial charge in [0.2, 0.25) is 0 Å². The lowest BCUT2D eigenvalue weighted by molar-refractivity contribution is 0.235. The van der Waals surface area contributed by atoms with E-state index in [2.05, 4.69) is 0 Å². The van der Waals surface area contributed by atoms with E-state index in [4.69, 9.17) is 14.8 Å². The summed E-state index contributed by atoms with van der Waals surface area (Å²) in [6.45, 7) is 3.78. The Bertz CT molecular complexity index is 286. The first-order valence-electron chi connectivity index (χ1n) is 4.95. The molecule has 0 spiro atoms. The summed E-state index contributed by atoms with van der Waals surface area (Å²) in [5.74, 6) is -0.0292. The van der Waals surface area contributed by atoms with E-state index in [1.54, 1.807) is 6.08 Å². The molecule has 0 aromatic heterocycles. The highest BCUT2D eigenvalue weighted by Crippen LogP contribution is 2.30. The summed E-state index contributed by atoms with van der Waals surface area (Å²) < 4.78 is 18.5. The van der Waals surface area contributed by atoms with Gasteiger partial charge < -0.3 is 14.8 Å². The number of ether oxygens (including phenoxy) is 1. The van der Waals surface area contributed by atoms with E-state index in [1.165, 1.54) is 13.2 Å². The van der Waals surface area contributed by atoms with E-state index in [0.717, 1.165) is 0 Å². The van der Waals surface area contributed by atoms with Crippen molar-refractivity contribution in [2.75, 3.05) is 7.11 Å². The number of halogens is 1. The van der Waals surface area contributed by atoms with Crippen LogP contribution in [0.5, 0.6) is 0 Å². The van der Waals surface area contributed by atoms with Crippen LogP contribution >= 0.6 is 0 Å². The molecule has 0 aliphatic heterocycles. The van der Waals surface area contributed by atoms with Crippen LogP contribution in [0.15, 0.2) is 23.4 Å². The van der Waals surface area contributed by atoms with E-state index < -0.39 is 13.3 Å². The van der Waals surface area contributed by atoms with E-state index in [0.29, 0.717) is 0 Å². The summed E-state index contributed by atoms with van der Waals surface area (Å²) in [6, 6.07) is 0. The zero-order valence-electron chi connectivity index (χ0n) is 9.14. The van der Waals surface area contributed by atoms with Crippen molar-refractivity contribution in [1.29, 1.82) is 0 Å². The lowest BCUT2D eigenvalue weighted by atomic mass is 9.71. The Balaban J connectivity index is 2.99. The molecule has 3 nitrogen and oxygen atoms in total. The Morgan fingerprint density at radius 3 is 2.40 bits per heavy atom. The second-order valence-electron chi connectivity index (χ2n) is 4.00. The molecule has 15 heavy (non-hydrogen) atoms. The number of rotatable bonds is 3. The van der Waals surface area contributed by atoms with Crippen molar-refractivity contribution in [2.24, 2.45) is 11.8 Å². The Morgan fingerprint density at radius 1 is 1.40 bits per heavy atom. The fourth-order valence-corrected chi connectivity index (χ4v) is 1.69. The van der Waals surface area contributed by atoms with Crippen LogP contribution in [-0.2, 0) is 4.74 Å². The molecule has 5 heteroatoms. The van der Waals surface area contributed by atoms with Crippen molar-refractivity contribution < 1.29 is 19.2 Å². The maximum Gasteiger partial charge on any atom is 0.491 e. The summed E-state index contributed by atoms with van der Waals surface area (Å²) in [4.78, 5) is 0. The third-order valence-corrected chi connectivity index (χ3v) is 2.60. The van der Waals surface area contributed by atoms with Crippen molar-refractivity contribution >= 4 is 7.12 Å². The van der Waals surface area contributed by atoms with Gasteiger partial charge in [-0.25, -0.2) is 4.39 Å². The highest BCUT2D eigenvalue weighted by atomic mass is 19.1. The molecular weight excluding hydrogens is 198 g/mol. The van der Waals surface area contributed by atoms with Gasteiger partial charge in [0.05, 0.1) is 7.11 Å². The van der Waals surface area contributed by atoms with Crippen molar-refractivity contribution in [3.05, 3.63) is 23.4 Å². The fourth-order valence-electron chi connectivity index (χ4n) is 1.69. The molecule has 0 amide bonds. The Hall–Kier alpha value is -0.805. The molecule has 0 bridgehead atoms. The molecular formula is C10H16BFO3. The largest absolute Gasteiger partial charge is 0.497 e. The van der Waals surface area contributed by atoms with Crippen LogP contribution in [-0.4, -0.2) is 30.4 Å².